The van der Waals surface area contributed by atoms with Crippen LogP contribution in [0.3, 0.4) is 0 Å². The molecule has 166 valence electrons. The van der Waals surface area contributed by atoms with Crippen molar-refractivity contribution in [2.24, 2.45) is 0 Å². The second kappa shape index (κ2) is 9.38. The molecule has 1 unspecified atom stereocenters. The van der Waals surface area contributed by atoms with Crippen LogP contribution in [0.4, 0.5) is 16.3 Å². The molecule has 3 amide bonds. The Morgan fingerprint density at radius 3 is 2.61 bits per heavy atom. The van der Waals surface area contributed by atoms with Crippen LogP contribution >= 0.6 is 0 Å². The van der Waals surface area contributed by atoms with Gasteiger partial charge in [-0.3, -0.25) is 15.3 Å². The minimum Gasteiger partial charge on any atom is -0.372 e. The molecular formula is C22H31N7O2. The van der Waals surface area contributed by atoms with Gasteiger partial charge in [0.25, 0.3) is 0 Å². The standard InChI is InChI=1S/C22H31N7O2/c1-3-4-11-23-22(31)27-29-14-18-19(21(26-25-18)24-15(2)30)20(29)16-7-9-17(10-8-16)28-12-5-6-13-28/h7-10,20H,3-6,11-14H2,1-2H3,(H2,23,27,31)(H2,24,25,26,30). The first kappa shape index (κ1) is 21.2. The molecule has 0 radical (unpaired) electrons. The Labute approximate surface area is 182 Å². The number of urea groups is 1. The summed E-state index contributed by atoms with van der Waals surface area (Å²) < 4.78 is 0. The van der Waals surface area contributed by atoms with Gasteiger partial charge in [0.15, 0.2) is 5.82 Å². The Bertz CT molecular complexity index is 918. The van der Waals surface area contributed by atoms with E-state index in [4.69, 9.17) is 0 Å². The molecule has 4 N–H and O–H groups in total. The summed E-state index contributed by atoms with van der Waals surface area (Å²) in [6.45, 7) is 6.84. The molecule has 4 rings (SSSR count). The average molecular weight is 426 g/mol. The number of carbonyl (C=O) groups excluding carboxylic acids is 2. The smallest absolute Gasteiger partial charge is 0.329 e. The highest BCUT2D eigenvalue weighted by atomic mass is 16.2. The Kier molecular flexibility index (Phi) is 6.41. The normalized spacial score (nSPS) is 18.1. The van der Waals surface area contributed by atoms with E-state index in [1.165, 1.54) is 25.5 Å². The molecule has 0 saturated carbocycles. The summed E-state index contributed by atoms with van der Waals surface area (Å²) in [5.74, 6) is 0.327. The minimum atomic E-state index is -0.250. The zero-order valence-electron chi connectivity index (χ0n) is 18.2. The zero-order valence-corrected chi connectivity index (χ0v) is 18.2. The number of unbranched alkanes of at least 4 members (excludes halogenated alkanes) is 1. The summed E-state index contributed by atoms with van der Waals surface area (Å²) in [6.07, 6.45) is 4.41. The molecule has 1 aromatic carbocycles. The molecule has 1 fully saturated rings. The van der Waals surface area contributed by atoms with Crippen molar-refractivity contribution in [3.63, 3.8) is 0 Å². The third-order valence-corrected chi connectivity index (χ3v) is 5.83. The van der Waals surface area contributed by atoms with Crippen LogP contribution < -0.4 is 21.0 Å². The first-order valence-electron chi connectivity index (χ1n) is 11.1. The lowest BCUT2D eigenvalue weighted by atomic mass is 10.0. The second-order valence-electron chi connectivity index (χ2n) is 8.18. The number of nitrogens with one attached hydrogen (secondary N) is 4. The van der Waals surface area contributed by atoms with Gasteiger partial charge in [0.05, 0.1) is 18.3 Å². The fourth-order valence-corrected chi connectivity index (χ4v) is 4.32. The van der Waals surface area contributed by atoms with Gasteiger partial charge in [-0.05, 0) is 37.0 Å². The first-order chi connectivity index (χ1) is 15.1. The number of H-pyrrole nitrogens is 1. The van der Waals surface area contributed by atoms with Crippen molar-refractivity contribution in [1.29, 1.82) is 0 Å². The molecule has 0 bridgehead atoms. The Morgan fingerprint density at radius 1 is 1.19 bits per heavy atom. The summed E-state index contributed by atoms with van der Waals surface area (Å²) in [4.78, 5) is 26.5. The molecule has 1 atom stereocenters. The lowest BCUT2D eigenvalue weighted by Gasteiger charge is -2.27. The van der Waals surface area contributed by atoms with Gasteiger partial charge in [0.1, 0.15) is 0 Å². The number of nitrogens with zero attached hydrogens (tertiary/aromatic N) is 3. The number of aromatic nitrogens is 2. The van der Waals surface area contributed by atoms with Crippen molar-refractivity contribution in [1.82, 2.24) is 25.9 Å². The maximum absolute atomic E-state index is 12.4. The molecule has 9 heteroatoms. The van der Waals surface area contributed by atoms with E-state index in [-0.39, 0.29) is 18.0 Å². The number of hydrazine groups is 1. The lowest BCUT2D eigenvalue weighted by molar-refractivity contribution is -0.114. The van der Waals surface area contributed by atoms with Gasteiger partial charge < -0.3 is 15.5 Å². The molecule has 2 aliphatic rings. The first-order valence-corrected chi connectivity index (χ1v) is 11.1. The number of hydrogen-bond donors (Lipinski definition) is 4. The average Bonchev–Trinajstić information content (AvgIpc) is 3.47. The van der Waals surface area contributed by atoms with Crippen molar-refractivity contribution in [3.8, 4) is 0 Å². The quantitative estimate of drug-likeness (QED) is 0.511. The van der Waals surface area contributed by atoms with Crippen LogP contribution in [-0.2, 0) is 11.3 Å². The van der Waals surface area contributed by atoms with Crippen LogP contribution in [-0.4, -0.2) is 46.8 Å². The number of fused-ring (bicyclic) bond motifs is 1. The largest absolute Gasteiger partial charge is 0.372 e. The van der Waals surface area contributed by atoms with Crippen LogP contribution in [0, 0.1) is 0 Å². The van der Waals surface area contributed by atoms with Gasteiger partial charge in [-0.15, -0.1) is 0 Å². The van der Waals surface area contributed by atoms with Gasteiger partial charge >= 0.3 is 6.03 Å². The Hall–Kier alpha value is -3.07. The van der Waals surface area contributed by atoms with E-state index >= 15 is 0 Å². The van der Waals surface area contributed by atoms with Crippen LogP contribution in [0.15, 0.2) is 24.3 Å². The number of hydrogen-bond acceptors (Lipinski definition) is 5. The predicted octanol–water partition coefficient (Wildman–Crippen LogP) is 2.89. The molecule has 1 saturated heterocycles. The van der Waals surface area contributed by atoms with Crippen LogP contribution in [0.25, 0.3) is 0 Å². The predicted molar refractivity (Wildman–Crippen MR) is 120 cm³/mol. The summed E-state index contributed by atoms with van der Waals surface area (Å²) >= 11 is 0. The highest BCUT2D eigenvalue weighted by Crippen LogP contribution is 2.41. The summed E-state index contributed by atoms with van der Waals surface area (Å²) in [6, 6.07) is 7.99. The summed E-state index contributed by atoms with van der Waals surface area (Å²) in [5, 5.41) is 14.9. The van der Waals surface area contributed by atoms with Gasteiger partial charge in [0, 0.05) is 37.8 Å². The van der Waals surface area contributed by atoms with Crippen molar-refractivity contribution >= 4 is 23.4 Å². The number of rotatable bonds is 7. The van der Waals surface area contributed by atoms with Crippen LogP contribution in [0.5, 0.6) is 0 Å². The van der Waals surface area contributed by atoms with Crippen molar-refractivity contribution < 1.29 is 9.59 Å². The number of carbonyl (C=O) groups is 2. The number of amides is 3. The third kappa shape index (κ3) is 4.66. The van der Waals surface area contributed by atoms with Crippen LogP contribution in [0.1, 0.15) is 62.4 Å². The van der Waals surface area contributed by atoms with E-state index in [1.807, 2.05) is 5.01 Å². The monoisotopic (exact) mass is 425 g/mol. The van der Waals surface area contributed by atoms with Gasteiger partial charge in [-0.1, -0.05) is 25.5 Å². The highest BCUT2D eigenvalue weighted by molar-refractivity contribution is 5.89. The van der Waals surface area contributed by atoms with Crippen LogP contribution in [0.2, 0.25) is 0 Å². The molecule has 0 aliphatic carbocycles. The van der Waals surface area contributed by atoms with Crippen molar-refractivity contribution in [2.45, 2.75) is 52.1 Å². The van der Waals surface area contributed by atoms with E-state index < -0.39 is 0 Å². The molecule has 2 aliphatic heterocycles. The third-order valence-electron chi connectivity index (χ3n) is 5.83. The van der Waals surface area contributed by atoms with Gasteiger partial charge in [0.2, 0.25) is 5.91 Å². The molecule has 0 spiro atoms. The fourth-order valence-electron chi connectivity index (χ4n) is 4.32. The highest BCUT2D eigenvalue weighted by Gasteiger charge is 2.37. The topological polar surface area (TPSA) is 105 Å². The lowest BCUT2D eigenvalue weighted by Crippen LogP contribution is -2.46. The molecule has 1 aromatic heterocycles. The molecule has 31 heavy (non-hydrogen) atoms. The maximum Gasteiger partial charge on any atom is 0.329 e. The second-order valence-corrected chi connectivity index (χ2v) is 8.18. The van der Waals surface area contributed by atoms with Gasteiger partial charge in [-0.2, -0.15) is 5.10 Å². The maximum atomic E-state index is 12.4. The van der Waals surface area contributed by atoms with Crippen molar-refractivity contribution in [3.05, 3.63) is 41.1 Å². The van der Waals surface area contributed by atoms with E-state index in [0.29, 0.717) is 18.9 Å². The zero-order chi connectivity index (χ0) is 21.8. The number of aromatic amines is 1. The van der Waals surface area contributed by atoms with E-state index in [2.05, 4.69) is 62.3 Å². The van der Waals surface area contributed by atoms with E-state index in [1.54, 1.807) is 0 Å². The molecule has 3 heterocycles. The summed E-state index contributed by atoms with van der Waals surface area (Å²) in [7, 11) is 0. The van der Waals surface area contributed by atoms with E-state index in [9.17, 15) is 9.59 Å². The molecule has 2 aromatic rings. The molecular weight excluding hydrogens is 394 g/mol. The summed E-state index contributed by atoms with van der Waals surface area (Å²) in [5.41, 5.74) is 6.99. The molecule has 9 nitrogen and oxygen atoms in total. The Morgan fingerprint density at radius 2 is 1.94 bits per heavy atom. The Balaban J connectivity index is 1.59. The van der Waals surface area contributed by atoms with Crippen molar-refractivity contribution in [2.75, 3.05) is 29.9 Å². The minimum absolute atomic E-state index is 0.179. The van der Waals surface area contributed by atoms with Gasteiger partial charge in [-0.25, -0.2) is 9.80 Å². The van der Waals surface area contributed by atoms with E-state index in [0.717, 1.165) is 42.8 Å². The SMILES string of the molecule is CCCCNC(=O)NN1Cc2[nH]nc(NC(C)=O)c2C1c1ccc(N2CCCC2)cc1. The number of benzene rings is 1. The fraction of sp³-hybridized carbons (Fsp3) is 0.500. The number of anilines is 2.